The minimum absolute atomic E-state index is 0.183. The highest BCUT2D eigenvalue weighted by Gasteiger charge is 2.11. The number of nitrogens with one attached hydrogen (secondary N) is 1. The molecular weight excluding hydrogens is 284 g/mol. The van der Waals surface area contributed by atoms with Gasteiger partial charge in [0.2, 0.25) is 0 Å². The van der Waals surface area contributed by atoms with Gasteiger partial charge in [0.15, 0.2) is 11.6 Å². The predicted molar refractivity (Wildman–Crippen MR) is 76.4 cm³/mol. The average Bonchev–Trinajstić information content (AvgIpc) is 2.38. The Balaban J connectivity index is 2.18. The number of halogens is 3. The molecule has 0 aliphatic rings. The van der Waals surface area contributed by atoms with E-state index in [1.807, 2.05) is 6.92 Å². The molecule has 0 heterocycles. The van der Waals surface area contributed by atoms with E-state index in [2.05, 4.69) is 5.32 Å². The highest BCUT2D eigenvalue weighted by molar-refractivity contribution is 6.31. The molecule has 0 aliphatic heterocycles. The highest BCUT2D eigenvalue weighted by Crippen LogP contribution is 2.28. The molecule has 0 radical (unpaired) electrons. The number of anilines is 1. The van der Waals surface area contributed by atoms with Crippen molar-refractivity contribution < 1.29 is 13.5 Å². The molecule has 1 atom stereocenters. The van der Waals surface area contributed by atoms with Gasteiger partial charge in [0.1, 0.15) is 5.82 Å². The minimum atomic E-state index is -0.449. The van der Waals surface area contributed by atoms with E-state index in [1.165, 1.54) is 31.4 Å². The Morgan fingerprint density at radius 2 is 1.90 bits per heavy atom. The first kappa shape index (κ1) is 14.6. The van der Waals surface area contributed by atoms with Gasteiger partial charge in [-0.25, -0.2) is 8.78 Å². The molecule has 20 heavy (non-hydrogen) atoms. The van der Waals surface area contributed by atoms with Crippen LogP contribution in [0.3, 0.4) is 0 Å². The van der Waals surface area contributed by atoms with Crippen molar-refractivity contribution in [1.82, 2.24) is 0 Å². The van der Waals surface area contributed by atoms with Crippen LogP contribution in [-0.2, 0) is 0 Å². The molecule has 2 nitrogen and oxygen atoms in total. The summed E-state index contributed by atoms with van der Waals surface area (Å²) in [6.07, 6.45) is 0. The topological polar surface area (TPSA) is 21.3 Å². The molecule has 0 bridgehead atoms. The Morgan fingerprint density at radius 1 is 1.15 bits per heavy atom. The fraction of sp³-hybridized carbons (Fsp3) is 0.200. The minimum Gasteiger partial charge on any atom is -0.494 e. The van der Waals surface area contributed by atoms with E-state index in [-0.39, 0.29) is 17.6 Å². The van der Waals surface area contributed by atoms with E-state index in [4.69, 9.17) is 16.3 Å². The third kappa shape index (κ3) is 3.20. The van der Waals surface area contributed by atoms with Crippen molar-refractivity contribution >= 4 is 17.3 Å². The van der Waals surface area contributed by atoms with Gasteiger partial charge in [0.25, 0.3) is 0 Å². The number of hydrogen-bond donors (Lipinski definition) is 1. The first-order chi connectivity index (χ1) is 9.51. The molecule has 5 heteroatoms. The number of rotatable bonds is 4. The van der Waals surface area contributed by atoms with E-state index in [9.17, 15) is 8.78 Å². The van der Waals surface area contributed by atoms with Gasteiger partial charge in [-0.15, -0.1) is 0 Å². The van der Waals surface area contributed by atoms with Crippen LogP contribution in [0.5, 0.6) is 5.75 Å². The van der Waals surface area contributed by atoms with Gasteiger partial charge in [0, 0.05) is 22.8 Å². The van der Waals surface area contributed by atoms with Crippen LogP contribution in [0.15, 0.2) is 36.4 Å². The SMILES string of the molecule is COc1ccc(NC(C)c2ccc(F)cc2Cl)cc1F. The molecule has 2 aromatic rings. The largest absolute Gasteiger partial charge is 0.494 e. The van der Waals surface area contributed by atoms with Gasteiger partial charge in [-0.1, -0.05) is 17.7 Å². The summed E-state index contributed by atoms with van der Waals surface area (Å²) < 4.78 is 31.5. The molecule has 2 rings (SSSR count). The Bertz CT molecular complexity index is 619. The van der Waals surface area contributed by atoms with Crippen LogP contribution in [0.1, 0.15) is 18.5 Å². The van der Waals surface area contributed by atoms with Gasteiger partial charge in [-0.2, -0.15) is 0 Å². The number of benzene rings is 2. The molecule has 0 saturated carbocycles. The molecule has 0 aliphatic carbocycles. The molecule has 0 fully saturated rings. The quantitative estimate of drug-likeness (QED) is 0.875. The van der Waals surface area contributed by atoms with Crippen LogP contribution in [0.4, 0.5) is 14.5 Å². The van der Waals surface area contributed by atoms with Crippen molar-refractivity contribution in [3.05, 3.63) is 58.6 Å². The van der Waals surface area contributed by atoms with E-state index in [0.717, 1.165) is 5.56 Å². The first-order valence-corrected chi connectivity index (χ1v) is 6.44. The zero-order valence-corrected chi connectivity index (χ0v) is 11.8. The van der Waals surface area contributed by atoms with Gasteiger partial charge < -0.3 is 10.1 Å². The van der Waals surface area contributed by atoms with Crippen molar-refractivity contribution in [2.24, 2.45) is 0 Å². The molecule has 0 aromatic heterocycles. The number of methoxy groups -OCH3 is 1. The maximum Gasteiger partial charge on any atom is 0.167 e. The predicted octanol–water partition coefficient (Wildman–Crippen LogP) is 4.80. The van der Waals surface area contributed by atoms with Crippen molar-refractivity contribution in [2.45, 2.75) is 13.0 Å². The Hall–Kier alpha value is -1.81. The van der Waals surface area contributed by atoms with Crippen LogP contribution >= 0.6 is 11.6 Å². The lowest BCUT2D eigenvalue weighted by molar-refractivity contribution is 0.386. The Morgan fingerprint density at radius 3 is 2.50 bits per heavy atom. The monoisotopic (exact) mass is 297 g/mol. The molecule has 1 unspecified atom stereocenters. The summed E-state index contributed by atoms with van der Waals surface area (Å²) >= 11 is 6.00. The van der Waals surface area contributed by atoms with Crippen molar-refractivity contribution in [1.29, 1.82) is 0 Å². The van der Waals surface area contributed by atoms with E-state index >= 15 is 0 Å². The summed E-state index contributed by atoms with van der Waals surface area (Å²) in [5.74, 6) is -0.653. The molecule has 0 saturated heterocycles. The summed E-state index contributed by atoms with van der Waals surface area (Å²) in [6, 6.07) is 8.60. The number of ether oxygens (including phenoxy) is 1. The zero-order valence-electron chi connectivity index (χ0n) is 11.1. The van der Waals surface area contributed by atoms with Crippen LogP contribution in [0.25, 0.3) is 0 Å². The molecular formula is C15H14ClF2NO. The lowest BCUT2D eigenvalue weighted by Gasteiger charge is -2.17. The lowest BCUT2D eigenvalue weighted by Crippen LogP contribution is -2.07. The van der Waals surface area contributed by atoms with E-state index in [0.29, 0.717) is 10.7 Å². The average molecular weight is 298 g/mol. The molecule has 0 spiro atoms. The molecule has 0 amide bonds. The van der Waals surface area contributed by atoms with Gasteiger partial charge in [0.05, 0.1) is 7.11 Å². The summed E-state index contributed by atoms with van der Waals surface area (Å²) in [5.41, 5.74) is 1.33. The van der Waals surface area contributed by atoms with Gasteiger partial charge >= 0.3 is 0 Å². The Kier molecular flexibility index (Phi) is 4.45. The second-order valence-electron chi connectivity index (χ2n) is 4.38. The second kappa shape index (κ2) is 6.09. The number of hydrogen-bond acceptors (Lipinski definition) is 2. The van der Waals surface area contributed by atoms with Crippen molar-refractivity contribution in [3.8, 4) is 5.75 Å². The molecule has 1 N–H and O–H groups in total. The third-order valence-electron chi connectivity index (χ3n) is 2.96. The fourth-order valence-corrected chi connectivity index (χ4v) is 2.27. The first-order valence-electron chi connectivity index (χ1n) is 6.06. The van der Waals surface area contributed by atoms with Crippen LogP contribution in [0, 0.1) is 11.6 Å². The Labute approximate surface area is 121 Å². The van der Waals surface area contributed by atoms with E-state index in [1.54, 1.807) is 12.1 Å². The normalized spacial score (nSPS) is 12.1. The maximum absolute atomic E-state index is 13.6. The molecule has 106 valence electrons. The smallest absolute Gasteiger partial charge is 0.167 e. The summed E-state index contributed by atoms with van der Waals surface area (Å²) in [6.45, 7) is 1.86. The highest BCUT2D eigenvalue weighted by atomic mass is 35.5. The van der Waals surface area contributed by atoms with Crippen LogP contribution < -0.4 is 10.1 Å². The maximum atomic E-state index is 13.6. The van der Waals surface area contributed by atoms with Crippen LogP contribution in [-0.4, -0.2) is 7.11 Å². The summed E-state index contributed by atoms with van der Waals surface area (Å²) in [7, 11) is 1.41. The lowest BCUT2D eigenvalue weighted by atomic mass is 10.1. The molecule has 2 aromatic carbocycles. The fourth-order valence-electron chi connectivity index (χ4n) is 1.94. The van der Waals surface area contributed by atoms with Gasteiger partial charge in [-0.05, 0) is 36.8 Å². The standard InChI is InChI=1S/C15H14ClF2NO/c1-9(12-5-3-10(17)7-13(12)16)19-11-4-6-15(20-2)14(18)8-11/h3-9,19H,1-2H3. The zero-order chi connectivity index (χ0) is 14.7. The summed E-state index contributed by atoms with van der Waals surface area (Å²) in [5, 5.41) is 3.44. The summed E-state index contributed by atoms with van der Waals surface area (Å²) in [4.78, 5) is 0. The van der Waals surface area contributed by atoms with Crippen molar-refractivity contribution in [2.75, 3.05) is 12.4 Å². The van der Waals surface area contributed by atoms with E-state index < -0.39 is 5.82 Å². The van der Waals surface area contributed by atoms with Gasteiger partial charge in [-0.3, -0.25) is 0 Å². The van der Waals surface area contributed by atoms with Crippen molar-refractivity contribution in [3.63, 3.8) is 0 Å². The van der Waals surface area contributed by atoms with Crippen LogP contribution in [0.2, 0.25) is 5.02 Å². The second-order valence-corrected chi connectivity index (χ2v) is 4.79. The third-order valence-corrected chi connectivity index (χ3v) is 3.29.